The normalized spacial score (nSPS) is 13.1. The average molecular weight is 427 g/mol. The molecule has 2 aromatic carbocycles. The molecule has 29 heavy (non-hydrogen) atoms. The van der Waals surface area contributed by atoms with Crippen LogP contribution in [0.4, 0.5) is 0 Å². The first-order valence-corrected chi connectivity index (χ1v) is 11.8. The Morgan fingerprint density at radius 3 is 2.90 bits per heavy atom. The largest absolute Gasteiger partial charge is 0.315 e. The Labute approximate surface area is 174 Å². The predicted octanol–water partition coefficient (Wildman–Crippen LogP) is 3.34. The van der Waals surface area contributed by atoms with Crippen molar-refractivity contribution in [1.29, 1.82) is 0 Å². The van der Waals surface area contributed by atoms with Crippen LogP contribution < -0.4 is 10.0 Å². The highest BCUT2D eigenvalue weighted by Gasteiger charge is 2.17. The number of benzene rings is 2. The molecule has 0 amide bonds. The number of aromatic nitrogens is 2. The lowest BCUT2D eigenvalue weighted by atomic mass is 10.1. The number of nitrogens with one attached hydrogen (secondary N) is 2. The van der Waals surface area contributed by atoms with Crippen LogP contribution in [0.15, 0.2) is 65.3 Å². The van der Waals surface area contributed by atoms with E-state index in [4.69, 9.17) is 0 Å². The van der Waals surface area contributed by atoms with Crippen LogP contribution in [-0.4, -0.2) is 37.5 Å². The summed E-state index contributed by atoms with van der Waals surface area (Å²) in [6.45, 7) is 3.18. The van der Waals surface area contributed by atoms with Crippen LogP contribution in [0.25, 0.3) is 21.0 Å². The Morgan fingerprint density at radius 1 is 1.10 bits per heavy atom. The van der Waals surface area contributed by atoms with Crippen molar-refractivity contribution >= 4 is 42.3 Å². The van der Waals surface area contributed by atoms with Crippen molar-refractivity contribution in [1.82, 2.24) is 20.0 Å². The molecule has 2 N–H and O–H groups in total. The Bertz CT molecular complexity index is 1240. The summed E-state index contributed by atoms with van der Waals surface area (Å²) in [6.07, 6.45) is 4.24. The number of fused-ring (bicyclic) bond motifs is 2. The maximum Gasteiger partial charge on any atom is 0.240 e. The van der Waals surface area contributed by atoms with Gasteiger partial charge in [0.05, 0.1) is 20.6 Å². The van der Waals surface area contributed by atoms with Gasteiger partial charge in [0, 0.05) is 30.4 Å². The van der Waals surface area contributed by atoms with E-state index < -0.39 is 10.0 Å². The minimum absolute atomic E-state index is 0.228. The summed E-state index contributed by atoms with van der Waals surface area (Å²) in [7, 11) is -3.58. The van der Waals surface area contributed by atoms with E-state index in [0.29, 0.717) is 6.54 Å². The highest BCUT2D eigenvalue weighted by Crippen LogP contribution is 2.19. The zero-order valence-corrected chi connectivity index (χ0v) is 17.6. The molecule has 2 aromatic heterocycles. The molecule has 0 saturated heterocycles. The second-order valence-electron chi connectivity index (χ2n) is 7.02. The van der Waals surface area contributed by atoms with Crippen molar-refractivity contribution in [3.63, 3.8) is 0 Å². The summed E-state index contributed by atoms with van der Waals surface area (Å²) in [5, 5.41) is 5.09. The van der Waals surface area contributed by atoms with Crippen LogP contribution >= 0.6 is 11.3 Å². The summed E-state index contributed by atoms with van der Waals surface area (Å²) >= 11 is 1.64. The lowest BCUT2D eigenvalue weighted by Crippen LogP contribution is -2.40. The van der Waals surface area contributed by atoms with Gasteiger partial charge in [0.25, 0.3) is 0 Å². The molecule has 1 atom stereocenters. The van der Waals surface area contributed by atoms with E-state index in [1.165, 1.54) is 10.3 Å². The first-order valence-electron chi connectivity index (χ1n) is 9.40. The van der Waals surface area contributed by atoms with Gasteiger partial charge in [0.15, 0.2) is 0 Å². The molecule has 0 aliphatic rings. The molecule has 8 heteroatoms. The summed E-state index contributed by atoms with van der Waals surface area (Å²) in [4.78, 5) is 8.66. The molecule has 0 spiro atoms. The van der Waals surface area contributed by atoms with Gasteiger partial charge in [0.1, 0.15) is 0 Å². The van der Waals surface area contributed by atoms with E-state index in [2.05, 4.69) is 38.2 Å². The third kappa shape index (κ3) is 4.79. The molecule has 150 valence electrons. The Kier molecular flexibility index (Phi) is 5.86. The standard InChI is InChI=1S/C21H22N4O2S2/c1-15(12-22-8-6-16-2-5-21-20(10-16)24-14-28-21)25-29(26,27)19-4-3-18-13-23-9-7-17(18)11-19/h2-5,7,9-11,13-15,22,25H,6,8,12H2,1H3. The SMILES string of the molecule is CC(CNCCc1ccc2scnc2c1)NS(=O)(=O)c1ccc2cnccc2c1. The summed E-state index contributed by atoms with van der Waals surface area (Å²) in [5.74, 6) is 0. The van der Waals surface area contributed by atoms with Gasteiger partial charge >= 0.3 is 0 Å². The van der Waals surface area contributed by atoms with Crippen LogP contribution in [-0.2, 0) is 16.4 Å². The van der Waals surface area contributed by atoms with Crippen LogP contribution in [0.1, 0.15) is 12.5 Å². The molecule has 4 aromatic rings. The van der Waals surface area contributed by atoms with E-state index in [0.717, 1.165) is 29.3 Å². The fourth-order valence-corrected chi connectivity index (χ4v) is 5.15. The first-order chi connectivity index (χ1) is 14.0. The number of nitrogens with zero attached hydrogens (tertiary/aromatic N) is 2. The van der Waals surface area contributed by atoms with Gasteiger partial charge in [-0.05, 0) is 61.2 Å². The fraction of sp³-hybridized carbons (Fsp3) is 0.238. The number of thiazole rings is 1. The fourth-order valence-electron chi connectivity index (χ4n) is 3.21. The van der Waals surface area contributed by atoms with Crippen molar-refractivity contribution in [2.24, 2.45) is 0 Å². The molecule has 0 fully saturated rings. The molecule has 2 heterocycles. The Morgan fingerprint density at radius 2 is 2.00 bits per heavy atom. The van der Waals surface area contributed by atoms with Crippen LogP contribution in [0.5, 0.6) is 0 Å². The van der Waals surface area contributed by atoms with E-state index in [9.17, 15) is 8.42 Å². The van der Waals surface area contributed by atoms with Crippen molar-refractivity contribution in [3.8, 4) is 0 Å². The molecule has 1 unspecified atom stereocenters. The molecule has 4 rings (SSSR count). The predicted molar refractivity (Wildman–Crippen MR) is 118 cm³/mol. The number of sulfonamides is 1. The molecule has 0 aliphatic heterocycles. The lowest BCUT2D eigenvalue weighted by molar-refractivity contribution is 0.537. The zero-order valence-electron chi connectivity index (χ0n) is 16.0. The minimum Gasteiger partial charge on any atom is -0.315 e. The summed E-state index contributed by atoms with van der Waals surface area (Å²) in [5.41, 5.74) is 4.10. The monoisotopic (exact) mass is 426 g/mol. The highest BCUT2D eigenvalue weighted by atomic mass is 32.2. The molecular weight excluding hydrogens is 404 g/mol. The average Bonchev–Trinajstić information content (AvgIpc) is 3.18. The topological polar surface area (TPSA) is 84.0 Å². The second-order valence-corrected chi connectivity index (χ2v) is 9.62. The molecule has 6 nitrogen and oxygen atoms in total. The van der Waals surface area contributed by atoms with Gasteiger partial charge in [-0.2, -0.15) is 0 Å². The summed E-state index contributed by atoms with van der Waals surface area (Å²) < 4.78 is 29.3. The van der Waals surface area contributed by atoms with Crippen LogP contribution in [0.3, 0.4) is 0 Å². The van der Waals surface area contributed by atoms with Gasteiger partial charge in [-0.3, -0.25) is 4.98 Å². The quantitative estimate of drug-likeness (QED) is 0.422. The van der Waals surface area contributed by atoms with Crippen molar-refractivity contribution in [3.05, 3.63) is 65.9 Å². The molecular formula is C21H22N4O2S2. The molecule has 0 aliphatic carbocycles. The Hall–Kier alpha value is -2.39. The third-order valence-electron chi connectivity index (χ3n) is 4.71. The van der Waals surface area contributed by atoms with E-state index in [-0.39, 0.29) is 10.9 Å². The number of hydrogen-bond donors (Lipinski definition) is 2. The lowest BCUT2D eigenvalue weighted by Gasteiger charge is -2.15. The highest BCUT2D eigenvalue weighted by molar-refractivity contribution is 7.89. The van der Waals surface area contributed by atoms with Crippen molar-refractivity contribution in [2.75, 3.05) is 13.1 Å². The van der Waals surface area contributed by atoms with E-state index >= 15 is 0 Å². The van der Waals surface area contributed by atoms with Gasteiger partial charge in [-0.15, -0.1) is 11.3 Å². The van der Waals surface area contributed by atoms with Crippen molar-refractivity contribution in [2.45, 2.75) is 24.3 Å². The second kappa shape index (κ2) is 8.54. The molecule has 0 radical (unpaired) electrons. The molecule has 0 bridgehead atoms. The van der Waals surface area contributed by atoms with Crippen molar-refractivity contribution < 1.29 is 8.42 Å². The molecule has 0 saturated carbocycles. The van der Waals surface area contributed by atoms with Gasteiger partial charge in [0.2, 0.25) is 10.0 Å². The van der Waals surface area contributed by atoms with Crippen LogP contribution in [0.2, 0.25) is 0 Å². The minimum atomic E-state index is -3.58. The zero-order chi connectivity index (χ0) is 20.3. The van der Waals surface area contributed by atoms with E-state index in [1.807, 2.05) is 18.5 Å². The van der Waals surface area contributed by atoms with Gasteiger partial charge in [-0.1, -0.05) is 12.1 Å². The third-order valence-corrected chi connectivity index (χ3v) is 7.11. The van der Waals surface area contributed by atoms with Gasteiger partial charge in [-0.25, -0.2) is 18.1 Å². The maximum absolute atomic E-state index is 12.7. The maximum atomic E-state index is 12.7. The Balaban J connectivity index is 1.30. The van der Waals surface area contributed by atoms with Crippen LogP contribution in [0, 0.1) is 0 Å². The first kappa shape index (κ1) is 19.9. The van der Waals surface area contributed by atoms with E-state index in [1.54, 1.807) is 41.9 Å². The number of rotatable bonds is 8. The summed E-state index contributed by atoms with van der Waals surface area (Å²) in [6, 6.07) is 13.0. The smallest absolute Gasteiger partial charge is 0.240 e. The number of pyridine rings is 1. The number of hydrogen-bond acceptors (Lipinski definition) is 6. The van der Waals surface area contributed by atoms with Gasteiger partial charge < -0.3 is 5.32 Å².